The van der Waals surface area contributed by atoms with Crippen LogP contribution in [0.5, 0.6) is 0 Å². The summed E-state index contributed by atoms with van der Waals surface area (Å²) in [6.07, 6.45) is 1.64. The van der Waals surface area contributed by atoms with Gasteiger partial charge in [0.25, 0.3) is 0 Å². The molecule has 0 aliphatic heterocycles. The SMILES string of the molecule is CC(C)C[C@@H](C(N)=O)N(CC#N)C(c1ccc(F)cc1)c1ccc(-c2ccc(S(C)(=O)=O)cc2)cc1. The molecule has 0 radical (unpaired) electrons. The molecule has 8 heteroatoms. The maximum absolute atomic E-state index is 13.7. The first-order chi connectivity index (χ1) is 17.0. The van der Waals surface area contributed by atoms with Gasteiger partial charge in [0.05, 0.1) is 29.6 Å². The van der Waals surface area contributed by atoms with Crippen molar-refractivity contribution in [2.75, 3.05) is 12.8 Å². The number of halogens is 1. The summed E-state index contributed by atoms with van der Waals surface area (Å²) in [4.78, 5) is 14.5. The topological polar surface area (TPSA) is 104 Å². The Morgan fingerprint density at radius 2 is 1.42 bits per heavy atom. The third-order valence-corrected chi connectivity index (χ3v) is 7.16. The van der Waals surface area contributed by atoms with E-state index in [1.54, 1.807) is 41.3 Å². The Kier molecular flexibility index (Phi) is 8.62. The molecule has 36 heavy (non-hydrogen) atoms. The second-order valence-corrected chi connectivity index (χ2v) is 11.3. The molecule has 6 nitrogen and oxygen atoms in total. The van der Waals surface area contributed by atoms with Crippen molar-refractivity contribution in [2.45, 2.75) is 37.2 Å². The van der Waals surface area contributed by atoms with Crippen LogP contribution in [-0.4, -0.2) is 38.1 Å². The van der Waals surface area contributed by atoms with Crippen molar-refractivity contribution in [1.29, 1.82) is 5.26 Å². The number of primary amides is 1. The number of carbonyl (C=O) groups is 1. The number of hydrogen-bond acceptors (Lipinski definition) is 5. The lowest BCUT2D eigenvalue weighted by atomic mass is 9.91. The van der Waals surface area contributed by atoms with E-state index in [0.717, 1.165) is 28.5 Å². The highest BCUT2D eigenvalue weighted by molar-refractivity contribution is 7.90. The van der Waals surface area contributed by atoms with Crippen LogP contribution in [0, 0.1) is 23.1 Å². The molecule has 0 bridgehead atoms. The number of amides is 1. The summed E-state index contributed by atoms with van der Waals surface area (Å²) in [5.74, 6) is -0.741. The molecule has 1 amide bonds. The van der Waals surface area contributed by atoms with Gasteiger partial charge >= 0.3 is 0 Å². The van der Waals surface area contributed by atoms with Crippen molar-refractivity contribution in [3.05, 3.63) is 89.7 Å². The second kappa shape index (κ2) is 11.5. The Morgan fingerprint density at radius 3 is 1.83 bits per heavy atom. The third kappa shape index (κ3) is 6.56. The number of nitriles is 1. The zero-order chi connectivity index (χ0) is 26.5. The maximum Gasteiger partial charge on any atom is 0.234 e. The first-order valence-electron chi connectivity index (χ1n) is 11.6. The van der Waals surface area contributed by atoms with Crippen molar-refractivity contribution in [3.8, 4) is 17.2 Å². The monoisotopic (exact) mass is 507 g/mol. The van der Waals surface area contributed by atoms with Crippen LogP contribution in [0.1, 0.15) is 37.4 Å². The van der Waals surface area contributed by atoms with Gasteiger partial charge in [0.2, 0.25) is 5.91 Å². The summed E-state index contributed by atoms with van der Waals surface area (Å²) in [7, 11) is -3.29. The summed E-state index contributed by atoms with van der Waals surface area (Å²) < 4.78 is 37.2. The van der Waals surface area contributed by atoms with Crippen LogP contribution in [-0.2, 0) is 14.6 Å². The number of nitrogens with two attached hydrogens (primary N) is 1. The minimum Gasteiger partial charge on any atom is -0.368 e. The molecule has 0 fully saturated rings. The molecular weight excluding hydrogens is 477 g/mol. The fraction of sp³-hybridized carbons (Fsp3) is 0.286. The molecule has 2 N–H and O–H groups in total. The van der Waals surface area contributed by atoms with Crippen molar-refractivity contribution < 1.29 is 17.6 Å². The summed E-state index contributed by atoms with van der Waals surface area (Å²) >= 11 is 0. The quantitative estimate of drug-likeness (QED) is 0.400. The van der Waals surface area contributed by atoms with Crippen molar-refractivity contribution in [3.63, 3.8) is 0 Å². The van der Waals surface area contributed by atoms with Gasteiger partial charge < -0.3 is 5.73 Å². The van der Waals surface area contributed by atoms with E-state index < -0.39 is 27.8 Å². The van der Waals surface area contributed by atoms with Gasteiger partial charge in [0.1, 0.15) is 5.82 Å². The summed E-state index contributed by atoms with van der Waals surface area (Å²) in [5.41, 5.74) is 9.04. The molecule has 3 aromatic carbocycles. The molecule has 1 unspecified atom stereocenters. The largest absolute Gasteiger partial charge is 0.368 e. The molecule has 3 aromatic rings. The van der Waals surface area contributed by atoms with Gasteiger partial charge in [0, 0.05) is 6.26 Å². The summed E-state index contributed by atoms with van der Waals surface area (Å²) in [5, 5.41) is 9.61. The predicted octanol–water partition coefficient (Wildman–Crippen LogP) is 4.71. The standard InChI is InChI=1S/C28H30FN3O3S/c1-19(2)18-26(28(31)33)32(17-16-30)27(23-8-12-24(29)13-9-23)22-6-4-20(5-7-22)21-10-14-25(15-11-21)36(3,34)35/h4-15,19,26-27H,17-18H2,1-3H3,(H2,31,33)/t26-,27?/m0/s1. The van der Waals surface area contributed by atoms with E-state index in [2.05, 4.69) is 6.07 Å². The van der Waals surface area contributed by atoms with Gasteiger partial charge in [0.15, 0.2) is 9.84 Å². The second-order valence-electron chi connectivity index (χ2n) is 9.25. The van der Waals surface area contributed by atoms with E-state index in [9.17, 15) is 22.9 Å². The van der Waals surface area contributed by atoms with Gasteiger partial charge in [-0.25, -0.2) is 12.8 Å². The molecule has 0 aliphatic rings. The number of rotatable bonds is 10. The number of nitrogens with zero attached hydrogens (tertiary/aromatic N) is 2. The molecule has 3 rings (SSSR count). The highest BCUT2D eigenvalue weighted by Crippen LogP contribution is 2.33. The zero-order valence-corrected chi connectivity index (χ0v) is 21.4. The fourth-order valence-corrected chi connectivity index (χ4v) is 4.93. The van der Waals surface area contributed by atoms with Gasteiger partial charge in [-0.05, 0) is 58.9 Å². The minimum absolute atomic E-state index is 0.0446. The van der Waals surface area contributed by atoms with Crippen LogP contribution >= 0.6 is 0 Å². The summed E-state index contributed by atoms with van der Waals surface area (Å²) in [6.45, 7) is 3.92. The van der Waals surface area contributed by atoms with Crippen LogP contribution in [0.25, 0.3) is 11.1 Å². The van der Waals surface area contributed by atoms with E-state index in [4.69, 9.17) is 5.73 Å². The van der Waals surface area contributed by atoms with Gasteiger partial charge in [-0.1, -0.05) is 62.4 Å². The van der Waals surface area contributed by atoms with Crippen LogP contribution in [0.15, 0.2) is 77.7 Å². The number of hydrogen-bond donors (Lipinski definition) is 1. The Labute approximate surface area is 212 Å². The fourth-order valence-electron chi connectivity index (χ4n) is 4.30. The lowest BCUT2D eigenvalue weighted by Gasteiger charge is -2.36. The molecular formula is C28H30FN3O3S. The molecule has 0 heterocycles. The highest BCUT2D eigenvalue weighted by Gasteiger charge is 2.32. The number of benzene rings is 3. The van der Waals surface area contributed by atoms with Gasteiger partial charge in [-0.2, -0.15) is 5.26 Å². The van der Waals surface area contributed by atoms with Gasteiger partial charge in [-0.3, -0.25) is 9.69 Å². The molecule has 188 valence electrons. The molecule has 0 spiro atoms. The van der Waals surface area contributed by atoms with Crippen molar-refractivity contribution >= 4 is 15.7 Å². The van der Waals surface area contributed by atoms with Crippen LogP contribution < -0.4 is 5.73 Å². The number of carbonyl (C=O) groups excluding carboxylic acids is 1. The molecule has 0 saturated carbocycles. The smallest absolute Gasteiger partial charge is 0.234 e. The van der Waals surface area contributed by atoms with E-state index in [-0.39, 0.29) is 23.2 Å². The number of sulfone groups is 1. The minimum atomic E-state index is -3.29. The van der Waals surface area contributed by atoms with Crippen LogP contribution in [0.3, 0.4) is 0 Å². The van der Waals surface area contributed by atoms with E-state index in [1.165, 1.54) is 12.1 Å². The normalized spacial score (nSPS) is 13.4. The molecule has 0 saturated heterocycles. The van der Waals surface area contributed by atoms with E-state index >= 15 is 0 Å². The van der Waals surface area contributed by atoms with Crippen molar-refractivity contribution in [2.24, 2.45) is 11.7 Å². The first kappa shape index (κ1) is 27.1. The molecule has 2 atom stereocenters. The average molecular weight is 508 g/mol. The van der Waals surface area contributed by atoms with Crippen molar-refractivity contribution in [1.82, 2.24) is 4.90 Å². The lowest BCUT2D eigenvalue weighted by molar-refractivity contribution is -0.124. The first-order valence-corrected chi connectivity index (χ1v) is 13.5. The Balaban J connectivity index is 2.06. The van der Waals surface area contributed by atoms with Crippen LogP contribution in [0.4, 0.5) is 4.39 Å². The maximum atomic E-state index is 13.7. The Hall–Kier alpha value is -3.54. The van der Waals surface area contributed by atoms with Crippen LogP contribution in [0.2, 0.25) is 0 Å². The molecule has 0 aliphatic carbocycles. The predicted molar refractivity (Wildman–Crippen MR) is 138 cm³/mol. The highest BCUT2D eigenvalue weighted by atomic mass is 32.2. The van der Waals surface area contributed by atoms with E-state index in [0.29, 0.717) is 6.42 Å². The zero-order valence-electron chi connectivity index (χ0n) is 20.6. The lowest BCUT2D eigenvalue weighted by Crippen LogP contribution is -2.47. The summed E-state index contributed by atoms with van der Waals surface area (Å²) in [6, 6.07) is 21.2. The van der Waals surface area contributed by atoms with E-state index in [1.807, 2.05) is 38.1 Å². The van der Waals surface area contributed by atoms with Gasteiger partial charge in [-0.15, -0.1) is 0 Å². The third-order valence-electron chi connectivity index (χ3n) is 6.04. The Morgan fingerprint density at radius 1 is 0.944 bits per heavy atom. The average Bonchev–Trinajstić information content (AvgIpc) is 2.83. The molecule has 0 aromatic heterocycles. The Bertz CT molecular complexity index is 1330.